The van der Waals surface area contributed by atoms with E-state index in [2.05, 4.69) is 94.4 Å². The lowest BCUT2D eigenvalue weighted by atomic mass is 9.83. The van der Waals surface area contributed by atoms with E-state index < -0.39 is 8.32 Å². The van der Waals surface area contributed by atoms with E-state index in [0.29, 0.717) is 24.4 Å². The number of rotatable bonds is 10. The molecule has 1 fully saturated rings. The van der Waals surface area contributed by atoms with Crippen molar-refractivity contribution < 1.29 is 14.0 Å². The summed E-state index contributed by atoms with van der Waals surface area (Å²) in [4.78, 5) is 11.8. The summed E-state index contributed by atoms with van der Waals surface area (Å²) in [6.07, 6.45) is 8.35. The average Bonchev–Trinajstić information content (AvgIpc) is 3.30. The number of allylic oxidation sites excluding steroid dienone is 1. The van der Waals surface area contributed by atoms with E-state index >= 15 is 0 Å². The van der Waals surface area contributed by atoms with Crippen molar-refractivity contribution in [1.29, 1.82) is 0 Å². The summed E-state index contributed by atoms with van der Waals surface area (Å²) in [7, 11) is -2.49. The Labute approximate surface area is 207 Å². The Morgan fingerprint density at radius 3 is 2.15 bits per heavy atom. The minimum atomic E-state index is -2.49. The first kappa shape index (κ1) is 26.4. The molecule has 0 aliphatic heterocycles. The maximum atomic E-state index is 11.8. The van der Waals surface area contributed by atoms with Crippen LogP contribution in [-0.4, -0.2) is 27.5 Å². The van der Waals surface area contributed by atoms with E-state index in [4.69, 9.17) is 9.16 Å². The Kier molecular flexibility index (Phi) is 9.32. The summed E-state index contributed by atoms with van der Waals surface area (Å²) in [6.45, 7) is 12.4. The molecule has 0 radical (unpaired) electrons. The highest BCUT2D eigenvalue weighted by Gasteiger charge is 2.50. The summed E-state index contributed by atoms with van der Waals surface area (Å²) in [5, 5.41) is 2.66. The normalized spacial score (nSPS) is 19.9. The summed E-state index contributed by atoms with van der Waals surface area (Å²) in [5.74, 6) is 1.36. The van der Waals surface area contributed by atoms with E-state index in [9.17, 15) is 4.79 Å². The van der Waals surface area contributed by atoms with Crippen molar-refractivity contribution in [2.24, 2.45) is 17.8 Å². The first-order chi connectivity index (χ1) is 16.3. The Bertz CT molecular complexity index is 878. The van der Waals surface area contributed by atoms with Gasteiger partial charge in [-0.3, -0.25) is 0 Å². The molecule has 4 heteroatoms. The molecule has 0 N–H and O–H groups in total. The highest BCUT2D eigenvalue weighted by atomic mass is 28.4. The summed E-state index contributed by atoms with van der Waals surface area (Å²) < 4.78 is 12.2. The van der Waals surface area contributed by atoms with Crippen LogP contribution < -0.4 is 10.4 Å². The number of hydrogen-bond acceptors (Lipinski definition) is 3. The van der Waals surface area contributed by atoms with Gasteiger partial charge in [-0.25, -0.2) is 4.79 Å². The molecule has 0 spiro atoms. The van der Waals surface area contributed by atoms with Crippen LogP contribution in [0.3, 0.4) is 0 Å². The van der Waals surface area contributed by atoms with Crippen molar-refractivity contribution in [2.45, 2.75) is 65.3 Å². The zero-order valence-electron chi connectivity index (χ0n) is 21.6. The van der Waals surface area contributed by atoms with Crippen molar-refractivity contribution in [1.82, 2.24) is 0 Å². The fraction of sp³-hybridized carbons (Fsp3) is 0.500. The Morgan fingerprint density at radius 2 is 1.62 bits per heavy atom. The van der Waals surface area contributed by atoms with E-state index in [1.165, 1.54) is 23.2 Å². The maximum Gasteiger partial charge on any atom is 0.330 e. The molecular weight excluding hydrogens is 436 g/mol. The molecule has 2 unspecified atom stereocenters. The van der Waals surface area contributed by atoms with Crippen LogP contribution in [0.4, 0.5) is 0 Å². The molecule has 0 aromatic heterocycles. The lowest BCUT2D eigenvalue weighted by molar-refractivity contribution is -0.137. The standard InChI is InChI=1S/C30H42O3Si/c1-6-32-29(31)21-20-25-14-13-19-28(25)24(2)22-23-33-34(30(3,4)5,26-15-9-7-10-16-26)27-17-11-8-12-18-27/h7-12,15-18,20-21,24-25,28H,6,13-14,19,22-23H2,1-5H3/b21-20-/t24-,25?,28?/m0/s1. The molecule has 34 heavy (non-hydrogen) atoms. The van der Waals surface area contributed by atoms with Gasteiger partial charge in [-0.05, 0) is 59.4 Å². The summed E-state index contributed by atoms with van der Waals surface area (Å²) in [6, 6.07) is 21.7. The minimum Gasteiger partial charge on any atom is -0.463 e. The molecule has 0 bridgehead atoms. The van der Waals surface area contributed by atoms with Crippen LogP contribution in [0.2, 0.25) is 5.04 Å². The zero-order valence-corrected chi connectivity index (χ0v) is 22.6. The first-order valence-electron chi connectivity index (χ1n) is 12.9. The Balaban J connectivity index is 1.77. The third-order valence-corrected chi connectivity index (χ3v) is 12.5. The van der Waals surface area contributed by atoms with Crippen molar-refractivity contribution in [3.05, 3.63) is 72.8 Å². The number of ether oxygens (including phenoxy) is 1. The maximum absolute atomic E-state index is 11.8. The largest absolute Gasteiger partial charge is 0.463 e. The smallest absolute Gasteiger partial charge is 0.330 e. The summed E-state index contributed by atoms with van der Waals surface area (Å²) in [5.41, 5.74) is 0. The molecular formula is C30H42O3Si. The van der Waals surface area contributed by atoms with Gasteiger partial charge in [0.1, 0.15) is 0 Å². The van der Waals surface area contributed by atoms with E-state index in [0.717, 1.165) is 19.4 Å². The molecule has 3 nitrogen and oxygen atoms in total. The lowest BCUT2D eigenvalue weighted by Gasteiger charge is -2.43. The number of hydrogen-bond donors (Lipinski definition) is 0. The summed E-state index contributed by atoms with van der Waals surface area (Å²) >= 11 is 0. The molecule has 1 saturated carbocycles. The van der Waals surface area contributed by atoms with Gasteiger partial charge < -0.3 is 9.16 Å². The van der Waals surface area contributed by atoms with Crippen LogP contribution in [-0.2, 0) is 14.0 Å². The van der Waals surface area contributed by atoms with Gasteiger partial charge in [-0.1, -0.05) is 101 Å². The topological polar surface area (TPSA) is 35.5 Å². The molecule has 3 atom stereocenters. The van der Waals surface area contributed by atoms with Crippen LogP contribution in [0.15, 0.2) is 72.8 Å². The monoisotopic (exact) mass is 478 g/mol. The molecule has 184 valence electrons. The van der Waals surface area contributed by atoms with Gasteiger partial charge >= 0.3 is 5.97 Å². The third kappa shape index (κ3) is 6.08. The minimum absolute atomic E-state index is 0.00276. The first-order valence-corrected chi connectivity index (χ1v) is 14.8. The van der Waals surface area contributed by atoms with Crippen LogP contribution in [0.5, 0.6) is 0 Å². The van der Waals surface area contributed by atoms with E-state index in [1.54, 1.807) is 6.08 Å². The van der Waals surface area contributed by atoms with Gasteiger partial charge in [-0.15, -0.1) is 0 Å². The van der Waals surface area contributed by atoms with Crippen LogP contribution >= 0.6 is 0 Å². The fourth-order valence-corrected chi connectivity index (χ4v) is 10.3. The second kappa shape index (κ2) is 12.0. The van der Waals surface area contributed by atoms with Gasteiger partial charge in [0.2, 0.25) is 0 Å². The highest BCUT2D eigenvalue weighted by molar-refractivity contribution is 6.99. The third-order valence-electron chi connectivity index (χ3n) is 7.43. The van der Waals surface area contributed by atoms with E-state index in [1.807, 2.05) is 6.92 Å². The molecule has 0 amide bonds. The van der Waals surface area contributed by atoms with Gasteiger partial charge in [0.25, 0.3) is 8.32 Å². The number of carbonyl (C=O) groups excluding carboxylic acids is 1. The number of esters is 1. The van der Waals surface area contributed by atoms with Gasteiger partial charge in [0.05, 0.1) is 6.61 Å². The molecule has 2 aromatic rings. The fourth-order valence-electron chi connectivity index (χ4n) is 5.73. The predicted molar refractivity (Wildman–Crippen MR) is 144 cm³/mol. The average molecular weight is 479 g/mol. The van der Waals surface area contributed by atoms with Gasteiger partial charge in [0, 0.05) is 12.7 Å². The Morgan fingerprint density at radius 1 is 1.03 bits per heavy atom. The number of carbonyl (C=O) groups is 1. The molecule has 3 rings (SSSR count). The van der Waals surface area contributed by atoms with Crippen LogP contribution in [0.1, 0.15) is 60.3 Å². The molecule has 1 aliphatic carbocycles. The molecule has 0 heterocycles. The van der Waals surface area contributed by atoms with Gasteiger partial charge in [-0.2, -0.15) is 0 Å². The second-order valence-electron chi connectivity index (χ2n) is 10.6. The zero-order chi connectivity index (χ0) is 24.6. The van der Waals surface area contributed by atoms with Crippen molar-refractivity contribution in [2.75, 3.05) is 13.2 Å². The van der Waals surface area contributed by atoms with E-state index in [-0.39, 0.29) is 11.0 Å². The lowest BCUT2D eigenvalue weighted by Crippen LogP contribution is -2.66. The van der Waals surface area contributed by atoms with Crippen LogP contribution in [0.25, 0.3) is 0 Å². The van der Waals surface area contributed by atoms with Crippen molar-refractivity contribution in [3.63, 3.8) is 0 Å². The van der Waals surface area contributed by atoms with Crippen molar-refractivity contribution in [3.8, 4) is 0 Å². The molecule has 0 saturated heterocycles. The predicted octanol–water partition coefficient (Wildman–Crippen LogP) is 6.12. The SMILES string of the molecule is CCOC(=O)/C=C\C1CCCC1[C@@H](C)CCO[Si](c1ccccc1)(c1ccccc1)C(C)(C)C. The number of benzene rings is 2. The van der Waals surface area contributed by atoms with Gasteiger partial charge in [0.15, 0.2) is 0 Å². The quantitative estimate of drug-likeness (QED) is 0.234. The van der Waals surface area contributed by atoms with Crippen molar-refractivity contribution >= 4 is 24.7 Å². The molecule has 2 aromatic carbocycles. The Hall–Kier alpha value is -2.17. The molecule has 1 aliphatic rings. The second-order valence-corrected chi connectivity index (χ2v) is 15.0. The van der Waals surface area contributed by atoms with Crippen LogP contribution in [0, 0.1) is 17.8 Å². The highest BCUT2D eigenvalue weighted by Crippen LogP contribution is 2.40.